The lowest BCUT2D eigenvalue weighted by molar-refractivity contribution is -0.130. The van der Waals surface area contributed by atoms with Crippen LogP contribution in [-0.2, 0) is 19.4 Å². The number of nitrogens with zero attached hydrogens (tertiary/aromatic N) is 1. The summed E-state index contributed by atoms with van der Waals surface area (Å²) in [5, 5.41) is 3.05. The van der Waals surface area contributed by atoms with Crippen molar-refractivity contribution in [1.29, 1.82) is 0 Å². The van der Waals surface area contributed by atoms with Crippen LogP contribution in [0, 0.1) is 0 Å². The van der Waals surface area contributed by atoms with E-state index < -0.39 is 15.7 Å². The second-order valence-electron chi connectivity index (χ2n) is 5.14. The third-order valence-corrected chi connectivity index (χ3v) is 5.64. The van der Waals surface area contributed by atoms with Crippen LogP contribution in [-0.4, -0.2) is 52.1 Å². The average molecular weight is 322 g/mol. The lowest BCUT2D eigenvalue weighted by atomic mass is 10.1. The van der Waals surface area contributed by atoms with E-state index >= 15 is 0 Å². The molecule has 2 aliphatic rings. The first-order valence-corrected chi connectivity index (χ1v) is 8.75. The summed E-state index contributed by atoms with van der Waals surface area (Å²) in [6.45, 7) is 4.10. The lowest BCUT2D eigenvalue weighted by Gasteiger charge is -2.27. The summed E-state index contributed by atoms with van der Waals surface area (Å²) in [5.74, 6) is -0.449. The predicted molar refractivity (Wildman–Crippen MR) is 81.6 cm³/mol. The number of rotatable bonds is 3. The maximum Gasteiger partial charge on any atom is 0.268 e. The van der Waals surface area contributed by atoms with Gasteiger partial charge in [-0.05, 0) is 13.0 Å². The molecule has 0 bridgehead atoms. The molecule has 0 spiro atoms. The van der Waals surface area contributed by atoms with Crippen molar-refractivity contribution in [3.63, 3.8) is 0 Å². The topological polar surface area (TPSA) is 75.7 Å². The standard InChI is InChI=1S/C15H18N2O4S/c1-2-16-13-11-5-3-4-6-12(11)22(19,20)14(13)15(18)17-7-9-21-10-8-17/h3-6,16H,2,7-10H2,1H3. The molecule has 0 unspecified atom stereocenters. The first kappa shape index (κ1) is 15.1. The number of ether oxygens (including phenoxy) is 1. The third-order valence-electron chi connectivity index (χ3n) is 3.79. The molecule has 1 N–H and O–H groups in total. The van der Waals surface area contributed by atoms with Crippen molar-refractivity contribution in [2.24, 2.45) is 0 Å². The zero-order valence-electron chi connectivity index (χ0n) is 12.3. The summed E-state index contributed by atoms with van der Waals surface area (Å²) in [6.07, 6.45) is 0. The Hall–Kier alpha value is -1.86. The Morgan fingerprint density at radius 1 is 1.27 bits per heavy atom. The molecule has 0 radical (unpaired) electrons. The van der Waals surface area contributed by atoms with E-state index in [2.05, 4.69) is 5.32 Å². The highest BCUT2D eigenvalue weighted by molar-refractivity contribution is 7.97. The molecule has 118 valence electrons. The normalized spacial score (nSPS) is 20.0. The number of carbonyl (C=O) groups excluding carboxylic acids is 1. The van der Waals surface area contributed by atoms with Crippen LogP contribution >= 0.6 is 0 Å². The van der Waals surface area contributed by atoms with Crippen LogP contribution in [0.3, 0.4) is 0 Å². The van der Waals surface area contributed by atoms with Crippen molar-refractivity contribution < 1.29 is 17.9 Å². The number of carbonyl (C=O) groups is 1. The summed E-state index contributed by atoms with van der Waals surface area (Å²) >= 11 is 0. The van der Waals surface area contributed by atoms with Crippen LogP contribution in [0.5, 0.6) is 0 Å². The molecule has 22 heavy (non-hydrogen) atoms. The lowest BCUT2D eigenvalue weighted by Crippen LogP contribution is -2.42. The van der Waals surface area contributed by atoms with Crippen molar-refractivity contribution in [1.82, 2.24) is 10.2 Å². The Labute approximate surface area is 129 Å². The van der Waals surface area contributed by atoms with Gasteiger partial charge in [0.05, 0.1) is 23.8 Å². The Morgan fingerprint density at radius 3 is 2.64 bits per heavy atom. The molecular weight excluding hydrogens is 304 g/mol. The van der Waals surface area contributed by atoms with Gasteiger partial charge in [0.25, 0.3) is 5.91 Å². The fraction of sp³-hybridized carbons (Fsp3) is 0.400. The molecule has 2 heterocycles. The second kappa shape index (κ2) is 5.73. The zero-order valence-corrected chi connectivity index (χ0v) is 13.1. The molecule has 0 saturated carbocycles. The average Bonchev–Trinajstić information content (AvgIpc) is 2.76. The summed E-state index contributed by atoms with van der Waals surface area (Å²) in [4.78, 5) is 14.4. The number of hydrogen-bond acceptors (Lipinski definition) is 5. The molecule has 7 heteroatoms. The van der Waals surface area contributed by atoms with Crippen LogP contribution in [0.4, 0.5) is 0 Å². The van der Waals surface area contributed by atoms with Gasteiger partial charge < -0.3 is 15.0 Å². The van der Waals surface area contributed by atoms with Crippen LogP contribution in [0.25, 0.3) is 5.70 Å². The first-order chi connectivity index (χ1) is 10.6. The summed E-state index contributed by atoms with van der Waals surface area (Å²) in [5.41, 5.74) is 0.982. The van der Waals surface area contributed by atoms with Gasteiger partial charge in [0.1, 0.15) is 0 Å². The van der Waals surface area contributed by atoms with Gasteiger partial charge in [-0.25, -0.2) is 8.42 Å². The summed E-state index contributed by atoms with van der Waals surface area (Å²) in [7, 11) is -3.78. The molecule has 1 fully saturated rings. The van der Waals surface area contributed by atoms with E-state index in [4.69, 9.17) is 4.74 Å². The van der Waals surface area contributed by atoms with Crippen LogP contribution < -0.4 is 5.32 Å². The van der Waals surface area contributed by atoms with E-state index in [1.807, 2.05) is 6.92 Å². The van der Waals surface area contributed by atoms with Gasteiger partial charge in [-0.1, -0.05) is 18.2 Å². The van der Waals surface area contributed by atoms with E-state index in [9.17, 15) is 13.2 Å². The van der Waals surface area contributed by atoms with Gasteiger partial charge in [0.2, 0.25) is 9.84 Å². The van der Waals surface area contributed by atoms with E-state index in [-0.39, 0.29) is 9.80 Å². The van der Waals surface area contributed by atoms with Crippen LogP contribution in [0.1, 0.15) is 12.5 Å². The number of morpholine rings is 1. The number of nitrogens with one attached hydrogen (secondary N) is 1. The molecular formula is C15H18N2O4S. The molecule has 1 saturated heterocycles. The molecule has 0 atom stereocenters. The SMILES string of the molecule is CCNC1=C(C(=O)N2CCOCC2)S(=O)(=O)c2ccccc21. The van der Waals surface area contributed by atoms with E-state index in [0.29, 0.717) is 44.1 Å². The van der Waals surface area contributed by atoms with E-state index in [1.54, 1.807) is 29.2 Å². The molecule has 1 aromatic carbocycles. The van der Waals surface area contributed by atoms with Crippen molar-refractivity contribution >= 4 is 21.4 Å². The number of hydrogen-bond donors (Lipinski definition) is 1. The van der Waals surface area contributed by atoms with E-state index in [1.165, 1.54) is 0 Å². The highest BCUT2D eigenvalue weighted by atomic mass is 32.2. The molecule has 2 aliphatic heterocycles. The molecule has 1 aromatic rings. The highest BCUT2D eigenvalue weighted by Crippen LogP contribution is 2.38. The first-order valence-electron chi connectivity index (χ1n) is 7.27. The Balaban J connectivity index is 2.10. The van der Waals surface area contributed by atoms with Gasteiger partial charge in [-0.2, -0.15) is 0 Å². The van der Waals surface area contributed by atoms with Crippen LogP contribution in [0.15, 0.2) is 34.1 Å². The van der Waals surface area contributed by atoms with Crippen molar-refractivity contribution in [3.05, 3.63) is 34.7 Å². The Bertz CT molecular complexity index is 734. The minimum Gasteiger partial charge on any atom is -0.384 e. The minimum absolute atomic E-state index is 0.141. The molecule has 3 rings (SSSR count). The Kier molecular flexibility index (Phi) is 3.92. The summed E-state index contributed by atoms with van der Waals surface area (Å²) in [6, 6.07) is 6.71. The summed E-state index contributed by atoms with van der Waals surface area (Å²) < 4.78 is 30.8. The maximum atomic E-state index is 12.8. The minimum atomic E-state index is -3.78. The fourth-order valence-corrected chi connectivity index (χ4v) is 4.51. The van der Waals surface area contributed by atoms with Gasteiger partial charge in [0, 0.05) is 25.2 Å². The molecule has 6 nitrogen and oxygen atoms in total. The van der Waals surface area contributed by atoms with Gasteiger partial charge in [0.15, 0.2) is 4.91 Å². The van der Waals surface area contributed by atoms with E-state index in [0.717, 1.165) is 0 Å². The number of amides is 1. The Morgan fingerprint density at radius 2 is 1.95 bits per heavy atom. The smallest absolute Gasteiger partial charge is 0.268 e. The van der Waals surface area contributed by atoms with Gasteiger partial charge >= 0.3 is 0 Å². The van der Waals surface area contributed by atoms with Crippen molar-refractivity contribution in [2.45, 2.75) is 11.8 Å². The maximum absolute atomic E-state index is 12.8. The van der Waals surface area contributed by atoms with Crippen molar-refractivity contribution in [2.75, 3.05) is 32.8 Å². The monoisotopic (exact) mass is 322 g/mol. The number of benzene rings is 1. The third kappa shape index (κ3) is 2.30. The molecule has 0 aliphatic carbocycles. The van der Waals surface area contributed by atoms with Crippen LogP contribution in [0.2, 0.25) is 0 Å². The predicted octanol–water partition coefficient (Wildman–Crippen LogP) is 0.611. The van der Waals surface area contributed by atoms with Gasteiger partial charge in [-0.15, -0.1) is 0 Å². The second-order valence-corrected chi connectivity index (χ2v) is 6.99. The number of sulfone groups is 1. The molecule has 0 aromatic heterocycles. The van der Waals surface area contributed by atoms with Gasteiger partial charge in [-0.3, -0.25) is 4.79 Å². The van der Waals surface area contributed by atoms with Crippen molar-refractivity contribution in [3.8, 4) is 0 Å². The largest absolute Gasteiger partial charge is 0.384 e. The fourth-order valence-electron chi connectivity index (χ4n) is 2.76. The molecule has 1 amide bonds. The highest BCUT2D eigenvalue weighted by Gasteiger charge is 2.41. The number of fused-ring (bicyclic) bond motifs is 1. The zero-order chi connectivity index (χ0) is 15.7. The quantitative estimate of drug-likeness (QED) is 0.882.